The fourth-order valence-electron chi connectivity index (χ4n) is 0.657. The average Bonchev–Trinajstić information content (AvgIpc) is 2.19. The molecule has 1 rings (SSSR count). The van der Waals surface area contributed by atoms with Crippen molar-refractivity contribution in [3.63, 3.8) is 0 Å². The van der Waals surface area contributed by atoms with E-state index in [1.165, 1.54) is 0 Å². The lowest BCUT2D eigenvalue weighted by Gasteiger charge is -1.97. The van der Waals surface area contributed by atoms with Crippen molar-refractivity contribution in [3.05, 3.63) is 4.91 Å². The molecule has 1 heterocycles. The summed E-state index contributed by atoms with van der Waals surface area (Å²) < 4.78 is 4.89. The largest absolute Gasteiger partial charge is 0.377 e. The molecule has 8 heavy (non-hydrogen) atoms. The quantitative estimate of drug-likeness (QED) is 0.390. The molecule has 0 N–H and O–H groups in total. The van der Waals surface area contributed by atoms with Gasteiger partial charge >= 0.3 is 0 Å². The Morgan fingerprint density at radius 1 is 1.75 bits per heavy atom. The number of hydrogen-bond donors (Lipinski definition) is 0. The molecule has 1 aliphatic heterocycles. The summed E-state index contributed by atoms with van der Waals surface area (Å²) in [6.07, 6.45) is 0.693. The van der Waals surface area contributed by atoms with Crippen molar-refractivity contribution in [2.24, 2.45) is 5.34 Å². The van der Waals surface area contributed by atoms with E-state index in [0.29, 0.717) is 13.2 Å². The molecule has 1 fully saturated rings. The van der Waals surface area contributed by atoms with Crippen molar-refractivity contribution in [2.45, 2.75) is 12.5 Å². The smallest absolute Gasteiger partial charge is 0.156 e. The molecule has 0 aromatic heterocycles. The Kier molecular flexibility index (Phi) is 1.80. The van der Waals surface area contributed by atoms with Gasteiger partial charge in [-0.3, -0.25) is 0 Å². The second kappa shape index (κ2) is 2.61. The molecule has 1 aliphatic rings. The van der Waals surface area contributed by atoms with Crippen LogP contribution in [-0.2, 0) is 9.57 Å². The van der Waals surface area contributed by atoms with E-state index in [1.807, 2.05) is 0 Å². The molecule has 4 nitrogen and oxygen atoms in total. The van der Waals surface area contributed by atoms with Crippen LogP contribution in [0.25, 0.3) is 0 Å². The van der Waals surface area contributed by atoms with Gasteiger partial charge in [-0.05, 0) is 0 Å². The van der Waals surface area contributed by atoms with Crippen LogP contribution in [0.2, 0.25) is 0 Å². The third kappa shape index (κ3) is 1.16. The highest BCUT2D eigenvalue weighted by molar-refractivity contribution is 4.61. The number of hydrogen-bond acceptors (Lipinski definition) is 4. The molecule has 0 aromatic rings. The molecule has 0 unspecified atom stereocenters. The highest BCUT2D eigenvalue weighted by Crippen LogP contribution is 2.07. The van der Waals surface area contributed by atoms with Gasteiger partial charge in [0.2, 0.25) is 0 Å². The van der Waals surface area contributed by atoms with E-state index in [4.69, 9.17) is 4.74 Å². The van der Waals surface area contributed by atoms with E-state index in [0.717, 1.165) is 6.42 Å². The Labute approximate surface area is 46.7 Å². The standard InChI is InChI=1S/C4H7NO3/c6-5-8-4-1-2-7-3-4/h4H,1-3H2/t4-/m1/s1. The summed E-state index contributed by atoms with van der Waals surface area (Å²) in [6, 6.07) is 0. The van der Waals surface area contributed by atoms with Gasteiger partial charge in [-0.1, -0.05) is 0 Å². The van der Waals surface area contributed by atoms with E-state index < -0.39 is 0 Å². The summed E-state index contributed by atoms with van der Waals surface area (Å²) >= 11 is 0. The zero-order valence-electron chi connectivity index (χ0n) is 4.37. The fraction of sp³-hybridized carbons (Fsp3) is 1.00. The summed E-state index contributed by atoms with van der Waals surface area (Å²) in [5.74, 6) is 0. The van der Waals surface area contributed by atoms with Crippen LogP contribution in [0.15, 0.2) is 5.34 Å². The first kappa shape index (κ1) is 5.50. The van der Waals surface area contributed by atoms with Crippen LogP contribution in [0.1, 0.15) is 6.42 Å². The lowest BCUT2D eigenvalue weighted by molar-refractivity contribution is 0.0443. The van der Waals surface area contributed by atoms with Gasteiger partial charge < -0.3 is 9.57 Å². The minimum Gasteiger partial charge on any atom is -0.377 e. The Balaban J connectivity index is 2.14. The van der Waals surface area contributed by atoms with Gasteiger partial charge in [0.1, 0.15) is 0 Å². The van der Waals surface area contributed by atoms with Gasteiger partial charge in [0.25, 0.3) is 0 Å². The van der Waals surface area contributed by atoms with Gasteiger partial charge in [0.05, 0.1) is 13.2 Å². The highest BCUT2D eigenvalue weighted by Gasteiger charge is 2.16. The molecule has 46 valence electrons. The van der Waals surface area contributed by atoms with Gasteiger partial charge in [0.15, 0.2) is 11.4 Å². The normalized spacial score (nSPS) is 27.8. The van der Waals surface area contributed by atoms with Crippen LogP contribution in [-0.4, -0.2) is 19.3 Å². The van der Waals surface area contributed by atoms with E-state index in [-0.39, 0.29) is 6.10 Å². The second-order valence-corrected chi connectivity index (χ2v) is 1.67. The summed E-state index contributed by atoms with van der Waals surface area (Å²) in [6.45, 7) is 1.19. The van der Waals surface area contributed by atoms with Gasteiger partial charge in [-0.15, -0.1) is 4.91 Å². The number of nitrogens with zero attached hydrogens (tertiary/aromatic N) is 1. The molecule has 0 saturated carbocycles. The van der Waals surface area contributed by atoms with Crippen LogP contribution in [0.3, 0.4) is 0 Å². The number of ether oxygens (including phenoxy) is 1. The van der Waals surface area contributed by atoms with Crippen LogP contribution in [0, 0.1) is 4.91 Å². The van der Waals surface area contributed by atoms with Crippen molar-refractivity contribution in [3.8, 4) is 0 Å². The first-order valence-electron chi connectivity index (χ1n) is 2.49. The zero-order chi connectivity index (χ0) is 5.82. The molecule has 4 heteroatoms. The number of rotatable bonds is 2. The molecule has 0 bridgehead atoms. The van der Waals surface area contributed by atoms with Crippen LogP contribution in [0.5, 0.6) is 0 Å². The van der Waals surface area contributed by atoms with Crippen molar-refractivity contribution in [2.75, 3.05) is 13.2 Å². The van der Waals surface area contributed by atoms with Crippen molar-refractivity contribution in [1.29, 1.82) is 0 Å². The van der Waals surface area contributed by atoms with Gasteiger partial charge in [-0.25, -0.2) is 0 Å². The molecule has 1 saturated heterocycles. The van der Waals surface area contributed by atoms with Gasteiger partial charge in [0, 0.05) is 6.42 Å². The Morgan fingerprint density at radius 3 is 3.12 bits per heavy atom. The fourth-order valence-corrected chi connectivity index (χ4v) is 0.657. The summed E-state index contributed by atoms with van der Waals surface area (Å²) in [5, 5.41) is 2.29. The minimum atomic E-state index is -0.0903. The van der Waals surface area contributed by atoms with E-state index in [1.54, 1.807) is 0 Å². The highest BCUT2D eigenvalue weighted by atomic mass is 16.7. The minimum absolute atomic E-state index is 0.0903. The summed E-state index contributed by atoms with van der Waals surface area (Å²) in [4.78, 5) is 13.8. The second-order valence-electron chi connectivity index (χ2n) is 1.67. The van der Waals surface area contributed by atoms with Crippen molar-refractivity contribution >= 4 is 0 Å². The monoisotopic (exact) mass is 117 g/mol. The molecule has 0 radical (unpaired) electrons. The molecule has 1 atom stereocenters. The maximum atomic E-state index is 9.43. The Morgan fingerprint density at radius 2 is 2.62 bits per heavy atom. The third-order valence-electron chi connectivity index (χ3n) is 1.08. The average molecular weight is 117 g/mol. The predicted octanol–water partition coefficient (Wildman–Crippen LogP) is 0.473. The first-order valence-corrected chi connectivity index (χ1v) is 2.49. The lowest BCUT2D eigenvalue weighted by Crippen LogP contribution is -2.07. The van der Waals surface area contributed by atoms with E-state index in [9.17, 15) is 4.91 Å². The van der Waals surface area contributed by atoms with Crippen LogP contribution in [0.4, 0.5) is 0 Å². The summed E-state index contributed by atoms with van der Waals surface area (Å²) in [5.41, 5.74) is 0. The maximum absolute atomic E-state index is 9.43. The Bertz CT molecular complexity index is 79.4. The molecule has 0 spiro atoms. The van der Waals surface area contributed by atoms with E-state index >= 15 is 0 Å². The van der Waals surface area contributed by atoms with Gasteiger partial charge in [-0.2, -0.15) is 0 Å². The van der Waals surface area contributed by atoms with Crippen molar-refractivity contribution < 1.29 is 9.57 Å². The molecular weight excluding hydrogens is 110 g/mol. The summed E-state index contributed by atoms with van der Waals surface area (Å²) in [7, 11) is 0. The molecule has 0 amide bonds. The molecule has 0 aromatic carbocycles. The SMILES string of the molecule is O=NO[C@@H]1CCOC1. The van der Waals surface area contributed by atoms with Crippen molar-refractivity contribution in [1.82, 2.24) is 0 Å². The first-order chi connectivity index (χ1) is 3.93. The molecular formula is C4H7NO3. The predicted molar refractivity (Wildman–Crippen MR) is 26.1 cm³/mol. The lowest BCUT2D eigenvalue weighted by atomic mass is 10.3. The maximum Gasteiger partial charge on any atom is 0.156 e. The van der Waals surface area contributed by atoms with Crippen LogP contribution >= 0.6 is 0 Å². The van der Waals surface area contributed by atoms with E-state index in [2.05, 4.69) is 10.2 Å². The zero-order valence-corrected chi connectivity index (χ0v) is 4.37. The topological polar surface area (TPSA) is 47.9 Å². The third-order valence-corrected chi connectivity index (χ3v) is 1.08. The molecule has 0 aliphatic carbocycles. The Hall–Kier alpha value is -0.640. The van der Waals surface area contributed by atoms with Crippen LogP contribution < -0.4 is 0 Å².